The minimum absolute atomic E-state index is 0. The quantitative estimate of drug-likeness (QED) is 0.223. The zero-order chi connectivity index (χ0) is 18.2. The second kappa shape index (κ2) is 11.8. The van der Waals surface area contributed by atoms with Crippen LogP contribution in [0.4, 0.5) is 0 Å². The van der Waals surface area contributed by atoms with Crippen LogP contribution in [-0.2, 0) is 14.2 Å². The van der Waals surface area contributed by atoms with E-state index in [2.05, 4.69) is 24.5 Å². The van der Waals surface area contributed by atoms with Crippen LogP contribution in [0.2, 0.25) is 0 Å². The molecule has 0 aromatic rings. The first-order valence-electron chi connectivity index (χ1n) is 10.6. The van der Waals surface area contributed by atoms with Gasteiger partial charge < -0.3 is 24.8 Å². The number of halogens is 1. The molecule has 1 heterocycles. The fourth-order valence-corrected chi connectivity index (χ4v) is 4.79. The Hall–Kier alpha value is -0.120. The number of ether oxygens (including phenoxy) is 3. The highest BCUT2D eigenvalue weighted by molar-refractivity contribution is 14.0. The maximum absolute atomic E-state index is 6.02. The number of nitrogens with zero attached hydrogens (tertiary/aromatic N) is 1. The van der Waals surface area contributed by atoms with E-state index >= 15 is 0 Å². The lowest BCUT2D eigenvalue weighted by Crippen LogP contribution is -2.65. The average molecular weight is 495 g/mol. The van der Waals surface area contributed by atoms with Gasteiger partial charge in [0.2, 0.25) is 0 Å². The third-order valence-electron chi connectivity index (χ3n) is 6.18. The number of rotatable bonds is 9. The highest BCUT2D eigenvalue weighted by Crippen LogP contribution is 2.54. The predicted molar refractivity (Wildman–Crippen MR) is 119 cm³/mol. The Morgan fingerprint density at radius 2 is 2.04 bits per heavy atom. The van der Waals surface area contributed by atoms with E-state index in [-0.39, 0.29) is 30.1 Å². The summed E-state index contributed by atoms with van der Waals surface area (Å²) in [5.41, 5.74) is 0.322. The molecule has 0 bridgehead atoms. The van der Waals surface area contributed by atoms with Gasteiger partial charge in [-0.05, 0) is 46.0 Å². The van der Waals surface area contributed by atoms with Gasteiger partial charge in [-0.2, -0.15) is 0 Å². The van der Waals surface area contributed by atoms with Crippen LogP contribution in [0.1, 0.15) is 58.8 Å². The number of hydrogen-bond donors (Lipinski definition) is 2. The van der Waals surface area contributed by atoms with Gasteiger partial charge in [0.1, 0.15) is 0 Å². The third-order valence-corrected chi connectivity index (χ3v) is 6.18. The van der Waals surface area contributed by atoms with Crippen LogP contribution in [0.25, 0.3) is 0 Å². The Morgan fingerprint density at radius 1 is 1.22 bits per heavy atom. The number of nitrogens with one attached hydrogen (secondary N) is 2. The maximum Gasteiger partial charge on any atom is 0.191 e. The van der Waals surface area contributed by atoms with Crippen LogP contribution in [0.15, 0.2) is 4.99 Å². The first-order chi connectivity index (χ1) is 12.8. The van der Waals surface area contributed by atoms with Crippen molar-refractivity contribution in [3.63, 3.8) is 0 Å². The van der Waals surface area contributed by atoms with E-state index in [1.54, 1.807) is 0 Å². The molecular weight excluding hydrogens is 457 g/mol. The van der Waals surface area contributed by atoms with Gasteiger partial charge in [-0.15, -0.1) is 24.0 Å². The zero-order valence-corrected chi connectivity index (χ0v) is 19.3. The first kappa shape index (κ1) is 23.2. The van der Waals surface area contributed by atoms with Crippen molar-refractivity contribution in [2.45, 2.75) is 77.0 Å². The molecule has 3 fully saturated rings. The summed E-state index contributed by atoms with van der Waals surface area (Å²) in [6.07, 6.45) is 9.29. The molecule has 7 heteroatoms. The van der Waals surface area contributed by atoms with Crippen LogP contribution >= 0.6 is 24.0 Å². The van der Waals surface area contributed by atoms with Crippen LogP contribution in [0.3, 0.4) is 0 Å². The zero-order valence-electron chi connectivity index (χ0n) is 17.0. The Morgan fingerprint density at radius 3 is 2.70 bits per heavy atom. The summed E-state index contributed by atoms with van der Waals surface area (Å²) < 4.78 is 17.3. The topological polar surface area (TPSA) is 64.1 Å². The van der Waals surface area contributed by atoms with Gasteiger partial charge >= 0.3 is 0 Å². The first-order valence-corrected chi connectivity index (χ1v) is 10.6. The lowest BCUT2D eigenvalue weighted by molar-refractivity contribution is -0.125. The van der Waals surface area contributed by atoms with Crippen molar-refractivity contribution >= 4 is 29.9 Å². The van der Waals surface area contributed by atoms with Crippen molar-refractivity contribution in [3.05, 3.63) is 0 Å². The van der Waals surface area contributed by atoms with Crippen molar-refractivity contribution in [2.75, 3.05) is 39.5 Å². The molecule has 1 saturated heterocycles. The van der Waals surface area contributed by atoms with E-state index in [9.17, 15) is 0 Å². The van der Waals surface area contributed by atoms with E-state index in [0.717, 1.165) is 45.0 Å². The molecule has 27 heavy (non-hydrogen) atoms. The molecule has 158 valence electrons. The van der Waals surface area contributed by atoms with Gasteiger partial charge in [-0.3, -0.25) is 4.99 Å². The molecule has 3 atom stereocenters. The summed E-state index contributed by atoms with van der Waals surface area (Å²) in [7, 11) is 0. The SMILES string of the molecule is CCNC(=NCCOCC1CCCO1)NC1CC(OCC)C12CCCC2.I. The normalized spacial score (nSPS) is 29.4. The predicted octanol–water partition coefficient (Wildman–Crippen LogP) is 3.09. The highest BCUT2D eigenvalue weighted by Gasteiger charge is 2.56. The molecule has 3 aliphatic rings. The summed E-state index contributed by atoms with van der Waals surface area (Å²) in [4.78, 5) is 4.71. The van der Waals surface area contributed by atoms with Gasteiger partial charge in [0.05, 0.1) is 32.0 Å². The Labute approximate surface area is 181 Å². The molecule has 2 aliphatic carbocycles. The molecule has 1 aliphatic heterocycles. The van der Waals surface area contributed by atoms with E-state index in [0.29, 0.717) is 37.3 Å². The van der Waals surface area contributed by atoms with E-state index in [4.69, 9.17) is 19.2 Å². The van der Waals surface area contributed by atoms with Gasteiger partial charge in [0.15, 0.2) is 5.96 Å². The largest absolute Gasteiger partial charge is 0.378 e. The maximum atomic E-state index is 6.02. The summed E-state index contributed by atoms with van der Waals surface area (Å²) in [6.45, 7) is 8.80. The van der Waals surface area contributed by atoms with Gasteiger partial charge in [0.25, 0.3) is 0 Å². The Bertz CT molecular complexity index is 452. The van der Waals surface area contributed by atoms with Crippen molar-refractivity contribution in [1.82, 2.24) is 10.6 Å². The summed E-state index contributed by atoms with van der Waals surface area (Å²) >= 11 is 0. The summed E-state index contributed by atoms with van der Waals surface area (Å²) in [6, 6.07) is 0.479. The van der Waals surface area contributed by atoms with Gasteiger partial charge in [0, 0.05) is 31.2 Å². The summed E-state index contributed by atoms with van der Waals surface area (Å²) in [5.74, 6) is 0.916. The molecule has 2 N–H and O–H groups in total. The fraction of sp³-hybridized carbons (Fsp3) is 0.950. The van der Waals surface area contributed by atoms with Gasteiger partial charge in [-0.25, -0.2) is 0 Å². The fourth-order valence-electron chi connectivity index (χ4n) is 4.79. The molecule has 2 saturated carbocycles. The van der Waals surface area contributed by atoms with Crippen LogP contribution in [0, 0.1) is 5.41 Å². The van der Waals surface area contributed by atoms with Crippen molar-refractivity contribution in [2.24, 2.45) is 10.4 Å². The molecule has 3 rings (SSSR count). The van der Waals surface area contributed by atoms with Crippen LogP contribution in [-0.4, -0.2) is 63.7 Å². The van der Waals surface area contributed by atoms with Crippen molar-refractivity contribution < 1.29 is 14.2 Å². The molecule has 0 aromatic heterocycles. The minimum atomic E-state index is 0. The molecular formula is C20H38IN3O3. The standard InChI is InChI=1S/C20H37N3O3.HI/c1-3-21-19(22-11-13-24-15-16-8-7-12-26-16)23-17-14-18(25-4-2)20(17)9-5-6-10-20;/h16-18H,3-15H2,1-2H3,(H2,21,22,23);1H. The van der Waals surface area contributed by atoms with Crippen LogP contribution in [0.5, 0.6) is 0 Å². The molecule has 0 radical (unpaired) electrons. The van der Waals surface area contributed by atoms with Crippen LogP contribution < -0.4 is 10.6 Å². The van der Waals surface area contributed by atoms with Crippen molar-refractivity contribution in [3.8, 4) is 0 Å². The number of aliphatic imine (C=N–C) groups is 1. The average Bonchev–Trinajstić information content (AvgIpc) is 3.33. The summed E-state index contributed by atoms with van der Waals surface area (Å²) in [5, 5.41) is 7.07. The Balaban J connectivity index is 0.00000261. The molecule has 0 aromatic carbocycles. The second-order valence-corrected chi connectivity index (χ2v) is 7.79. The van der Waals surface area contributed by atoms with E-state index in [1.807, 2.05) is 0 Å². The smallest absolute Gasteiger partial charge is 0.191 e. The monoisotopic (exact) mass is 495 g/mol. The third kappa shape index (κ3) is 5.93. The second-order valence-electron chi connectivity index (χ2n) is 7.79. The number of hydrogen-bond acceptors (Lipinski definition) is 4. The lowest BCUT2D eigenvalue weighted by atomic mass is 9.60. The molecule has 3 unspecified atom stereocenters. The van der Waals surface area contributed by atoms with E-state index in [1.165, 1.54) is 25.7 Å². The van der Waals surface area contributed by atoms with E-state index < -0.39 is 0 Å². The lowest BCUT2D eigenvalue weighted by Gasteiger charge is -2.54. The van der Waals surface area contributed by atoms with Crippen molar-refractivity contribution in [1.29, 1.82) is 0 Å². The Kier molecular flexibility index (Phi) is 10.1. The molecule has 6 nitrogen and oxygen atoms in total. The highest BCUT2D eigenvalue weighted by atomic mass is 127. The minimum Gasteiger partial charge on any atom is -0.378 e. The number of guanidine groups is 1. The van der Waals surface area contributed by atoms with Gasteiger partial charge in [-0.1, -0.05) is 12.8 Å². The molecule has 0 amide bonds. The molecule has 1 spiro atoms.